The Kier molecular flexibility index (Phi) is 4.42. The van der Waals surface area contributed by atoms with Crippen molar-refractivity contribution in [2.24, 2.45) is 18.1 Å². The molecule has 0 saturated heterocycles. The summed E-state index contributed by atoms with van der Waals surface area (Å²) in [5.74, 6) is 1.16. The van der Waals surface area contributed by atoms with Gasteiger partial charge in [0.25, 0.3) is 0 Å². The Labute approximate surface area is 119 Å². The molecule has 0 unspecified atom stereocenters. The minimum absolute atomic E-state index is 0.00912. The van der Waals surface area contributed by atoms with Crippen molar-refractivity contribution in [3.05, 3.63) is 18.2 Å². The van der Waals surface area contributed by atoms with Gasteiger partial charge in [0, 0.05) is 38.1 Å². The molecule has 1 N–H and O–H groups in total. The van der Waals surface area contributed by atoms with Crippen LogP contribution in [-0.4, -0.2) is 39.3 Å². The number of carbonyl (C=O) groups excluding carboxylic acids is 1. The summed E-state index contributed by atoms with van der Waals surface area (Å²) in [7, 11) is 1.94. The van der Waals surface area contributed by atoms with E-state index in [0.29, 0.717) is 6.54 Å². The fourth-order valence-electron chi connectivity index (χ4n) is 2.34. The molecule has 1 atom stereocenters. The maximum atomic E-state index is 12.2. The Balaban J connectivity index is 1.98. The van der Waals surface area contributed by atoms with E-state index >= 15 is 0 Å². The van der Waals surface area contributed by atoms with E-state index in [2.05, 4.69) is 29.2 Å². The smallest absolute Gasteiger partial charge is 0.241 e. The SMILES string of the molecule is CC1=NN(CC(=O)N[C@@H](c2nccn2C)C(C)C)CC1. The van der Waals surface area contributed by atoms with Crippen LogP contribution in [0.5, 0.6) is 0 Å². The highest BCUT2D eigenvalue weighted by Crippen LogP contribution is 2.19. The van der Waals surface area contributed by atoms with Crippen molar-refractivity contribution in [1.29, 1.82) is 0 Å². The number of nitrogens with one attached hydrogen (secondary N) is 1. The average Bonchev–Trinajstić information content (AvgIpc) is 2.95. The van der Waals surface area contributed by atoms with Gasteiger partial charge in [-0.1, -0.05) is 13.8 Å². The molecule has 6 nitrogen and oxygen atoms in total. The summed E-state index contributed by atoms with van der Waals surface area (Å²) in [6.45, 7) is 7.29. The molecule has 2 rings (SSSR count). The first-order valence-electron chi connectivity index (χ1n) is 7.03. The number of nitrogens with zero attached hydrogens (tertiary/aromatic N) is 4. The summed E-state index contributed by atoms with van der Waals surface area (Å²) in [5.41, 5.74) is 1.09. The number of hydrogen-bond acceptors (Lipinski definition) is 4. The quantitative estimate of drug-likeness (QED) is 0.883. The van der Waals surface area contributed by atoms with Gasteiger partial charge in [-0.05, 0) is 12.8 Å². The second-order valence-corrected chi connectivity index (χ2v) is 5.66. The Morgan fingerprint density at radius 2 is 2.25 bits per heavy atom. The molecule has 0 aromatic carbocycles. The van der Waals surface area contributed by atoms with Gasteiger partial charge >= 0.3 is 0 Å². The molecule has 1 aromatic heterocycles. The average molecular weight is 277 g/mol. The number of amides is 1. The molecule has 0 spiro atoms. The highest BCUT2D eigenvalue weighted by atomic mass is 16.2. The van der Waals surface area contributed by atoms with Gasteiger partial charge in [-0.15, -0.1) is 0 Å². The van der Waals surface area contributed by atoms with Gasteiger partial charge < -0.3 is 9.88 Å². The third-order valence-corrected chi connectivity index (χ3v) is 3.49. The zero-order chi connectivity index (χ0) is 14.7. The van der Waals surface area contributed by atoms with E-state index in [9.17, 15) is 4.79 Å². The van der Waals surface area contributed by atoms with Crippen LogP contribution < -0.4 is 5.32 Å². The van der Waals surface area contributed by atoms with E-state index in [1.165, 1.54) is 0 Å². The van der Waals surface area contributed by atoms with Gasteiger partial charge in [0.05, 0.1) is 6.04 Å². The van der Waals surface area contributed by atoms with E-state index in [1.54, 1.807) is 6.20 Å². The summed E-state index contributed by atoms with van der Waals surface area (Å²) in [5, 5.41) is 9.22. The number of carbonyl (C=O) groups is 1. The van der Waals surface area contributed by atoms with Gasteiger partial charge in [0.15, 0.2) is 0 Å². The van der Waals surface area contributed by atoms with E-state index in [0.717, 1.165) is 24.5 Å². The highest BCUT2D eigenvalue weighted by molar-refractivity contribution is 5.84. The van der Waals surface area contributed by atoms with Crippen LogP contribution in [0.2, 0.25) is 0 Å². The third-order valence-electron chi connectivity index (χ3n) is 3.49. The van der Waals surface area contributed by atoms with E-state index in [4.69, 9.17) is 0 Å². The lowest BCUT2D eigenvalue weighted by molar-refractivity contribution is -0.123. The fourth-order valence-corrected chi connectivity index (χ4v) is 2.34. The molecule has 20 heavy (non-hydrogen) atoms. The molecule has 110 valence electrons. The van der Waals surface area contributed by atoms with Gasteiger partial charge in [0.1, 0.15) is 12.4 Å². The summed E-state index contributed by atoms with van der Waals surface area (Å²) >= 11 is 0. The van der Waals surface area contributed by atoms with Crippen molar-refractivity contribution in [1.82, 2.24) is 19.9 Å². The molecular weight excluding hydrogens is 254 g/mol. The number of aryl methyl sites for hydroxylation is 1. The molecule has 0 saturated carbocycles. The van der Waals surface area contributed by atoms with E-state index in [-0.39, 0.29) is 17.9 Å². The lowest BCUT2D eigenvalue weighted by Gasteiger charge is -2.23. The monoisotopic (exact) mass is 277 g/mol. The molecule has 1 aliphatic heterocycles. The molecule has 1 amide bonds. The number of rotatable bonds is 5. The summed E-state index contributed by atoms with van der Waals surface area (Å²) in [6.07, 6.45) is 4.59. The number of hydrogen-bond donors (Lipinski definition) is 1. The van der Waals surface area contributed by atoms with Crippen molar-refractivity contribution in [2.75, 3.05) is 13.1 Å². The second kappa shape index (κ2) is 6.07. The lowest BCUT2D eigenvalue weighted by atomic mass is 10.0. The molecule has 0 radical (unpaired) electrons. The van der Waals surface area contributed by atoms with Crippen LogP contribution in [0.3, 0.4) is 0 Å². The Morgan fingerprint density at radius 1 is 1.50 bits per heavy atom. The largest absolute Gasteiger partial charge is 0.344 e. The normalized spacial score (nSPS) is 16.4. The van der Waals surface area contributed by atoms with E-state index < -0.39 is 0 Å². The second-order valence-electron chi connectivity index (χ2n) is 5.66. The van der Waals surface area contributed by atoms with Crippen LogP contribution in [0, 0.1) is 5.92 Å². The first kappa shape index (κ1) is 14.6. The molecule has 0 aliphatic carbocycles. The third kappa shape index (κ3) is 3.37. The standard InChI is InChI=1S/C14H23N5O/c1-10(2)13(14-15-6-8-18(14)4)16-12(20)9-19-7-5-11(3)17-19/h6,8,10,13H,5,7,9H2,1-4H3,(H,16,20)/t13-/m1/s1. The Morgan fingerprint density at radius 3 is 2.75 bits per heavy atom. The van der Waals surface area contributed by atoms with Gasteiger partial charge in [0.2, 0.25) is 5.91 Å². The van der Waals surface area contributed by atoms with Gasteiger partial charge in [-0.25, -0.2) is 4.98 Å². The molecular formula is C14H23N5O. The Bertz CT molecular complexity index is 505. The first-order chi connectivity index (χ1) is 9.47. The maximum Gasteiger partial charge on any atom is 0.241 e. The topological polar surface area (TPSA) is 62.5 Å². The molecule has 6 heteroatoms. The van der Waals surface area contributed by atoms with Gasteiger partial charge in [-0.3, -0.25) is 9.80 Å². The molecule has 2 heterocycles. The molecule has 1 aromatic rings. The van der Waals surface area contributed by atoms with Crippen molar-refractivity contribution in [3.8, 4) is 0 Å². The van der Waals surface area contributed by atoms with Crippen LogP contribution in [0.4, 0.5) is 0 Å². The lowest BCUT2D eigenvalue weighted by Crippen LogP contribution is -2.39. The van der Waals surface area contributed by atoms with Crippen molar-refractivity contribution >= 4 is 11.6 Å². The van der Waals surface area contributed by atoms with Crippen LogP contribution in [0.1, 0.15) is 39.1 Å². The summed E-state index contributed by atoms with van der Waals surface area (Å²) in [4.78, 5) is 16.5. The van der Waals surface area contributed by atoms with Crippen LogP contribution in [0.15, 0.2) is 17.5 Å². The fraction of sp³-hybridized carbons (Fsp3) is 0.643. The van der Waals surface area contributed by atoms with Crippen molar-refractivity contribution in [2.45, 2.75) is 33.2 Å². The number of hydrazone groups is 1. The summed E-state index contributed by atoms with van der Waals surface area (Å²) in [6, 6.07) is -0.0739. The Hall–Kier alpha value is -1.85. The highest BCUT2D eigenvalue weighted by Gasteiger charge is 2.23. The van der Waals surface area contributed by atoms with Crippen molar-refractivity contribution in [3.63, 3.8) is 0 Å². The number of aromatic nitrogens is 2. The molecule has 1 aliphatic rings. The first-order valence-corrected chi connectivity index (χ1v) is 7.03. The van der Waals surface area contributed by atoms with E-state index in [1.807, 2.05) is 29.7 Å². The maximum absolute atomic E-state index is 12.2. The molecule has 0 fully saturated rings. The van der Waals surface area contributed by atoms with Crippen LogP contribution >= 0.6 is 0 Å². The predicted molar refractivity (Wildman–Crippen MR) is 78.2 cm³/mol. The zero-order valence-corrected chi connectivity index (χ0v) is 12.6. The minimum Gasteiger partial charge on any atom is -0.344 e. The number of imidazole rings is 1. The predicted octanol–water partition coefficient (Wildman–Crippen LogP) is 1.31. The summed E-state index contributed by atoms with van der Waals surface area (Å²) < 4.78 is 1.95. The van der Waals surface area contributed by atoms with Crippen LogP contribution in [-0.2, 0) is 11.8 Å². The van der Waals surface area contributed by atoms with Crippen LogP contribution in [0.25, 0.3) is 0 Å². The molecule has 0 bridgehead atoms. The zero-order valence-electron chi connectivity index (χ0n) is 12.6. The van der Waals surface area contributed by atoms with Crippen molar-refractivity contribution < 1.29 is 4.79 Å². The minimum atomic E-state index is -0.0739. The van der Waals surface area contributed by atoms with Gasteiger partial charge in [-0.2, -0.15) is 5.10 Å².